The molecule has 1 saturated heterocycles. The molecule has 0 aliphatic carbocycles. The van der Waals surface area contributed by atoms with Crippen molar-refractivity contribution in [1.29, 1.82) is 0 Å². The van der Waals surface area contributed by atoms with E-state index in [1.54, 1.807) is 7.11 Å². The van der Waals surface area contributed by atoms with Gasteiger partial charge >= 0.3 is 0 Å². The average Bonchev–Trinajstić information content (AvgIpc) is 2.84. The molecular weight excluding hydrogens is 424 g/mol. The van der Waals surface area contributed by atoms with Crippen LogP contribution in [-0.2, 0) is 16.1 Å². The molecule has 162 valence electrons. The molecule has 0 unspecified atom stereocenters. The Morgan fingerprint density at radius 3 is 2.53 bits per heavy atom. The Kier molecular flexibility index (Phi) is 5.99. The van der Waals surface area contributed by atoms with Gasteiger partial charge in [0.05, 0.1) is 30.9 Å². The standard InChI is InChI=1S/C25H23ClN4O2/c1-31-16-17-3-2-4-19(15-17)23-28-24-21(25(29-23)30-11-13-32-14-12-30)9-10-22(27-24)18-5-7-20(26)8-6-18/h2-10,15H,11-14,16H2,1H3. The molecule has 2 aromatic heterocycles. The van der Waals surface area contributed by atoms with Crippen LogP contribution < -0.4 is 4.90 Å². The van der Waals surface area contributed by atoms with Gasteiger partial charge in [-0.05, 0) is 35.9 Å². The summed E-state index contributed by atoms with van der Waals surface area (Å²) in [5, 5.41) is 1.63. The summed E-state index contributed by atoms with van der Waals surface area (Å²) in [5.41, 5.74) is 4.52. The summed E-state index contributed by atoms with van der Waals surface area (Å²) in [7, 11) is 1.69. The number of anilines is 1. The van der Waals surface area contributed by atoms with Crippen LogP contribution in [-0.4, -0.2) is 48.4 Å². The van der Waals surface area contributed by atoms with Gasteiger partial charge in [0.1, 0.15) is 5.82 Å². The third kappa shape index (κ3) is 4.30. The van der Waals surface area contributed by atoms with Gasteiger partial charge in [-0.25, -0.2) is 15.0 Å². The Balaban J connectivity index is 1.66. The summed E-state index contributed by atoms with van der Waals surface area (Å²) >= 11 is 6.06. The van der Waals surface area contributed by atoms with E-state index >= 15 is 0 Å². The van der Waals surface area contributed by atoms with E-state index in [1.807, 2.05) is 48.5 Å². The maximum absolute atomic E-state index is 6.06. The fourth-order valence-electron chi connectivity index (χ4n) is 3.89. The average molecular weight is 447 g/mol. The quantitative estimate of drug-likeness (QED) is 0.430. The number of nitrogens with zero attached hydrogens (tertiary/aromatic N) is 4. The normalized spacial score (nSPS) is 14.1. The molecule has 2 aromatic carbocycles. The van der Waals surface area contributed by atoms with Gasteiger partial charge in [0.15, 0.2) is 11.5 Å². The minimum atomic E-state index is 0.538. The van der Waals surface area contributed by atoms with E-state index in [0.29, 0.717) is 36.3 Å². The molecule has 4 aromatic rings. The Hall–Kier alpha value is -3.06. The van der Waals surface area contributed by atoms with Gasteiger partial charge in [-0.2, -0.15) is 0 Å². The van der Waals surface area contributed by atoms with Crippen molar-refractivity contribution in [3.8, 4) is 22.6 Å². The number of pyridine rings is 1. The summed E-state index contributed by atoms with van der Waals surface area (Å²) in [6.07, 6.45) is 0. The molecule has 32 heavy (non-hydrogen) atoms. The second-order valence-corrected chi connectivity index (χ2v) is 8.11. The molecule has 5 rings (SSSR count). The first-order valence-corrected chi connectivity index (χ1v) is 10.9. The Morgan fingerprint density at radius 1 is 0.938 bits per heavy atom. The van der Waals surface area contributed by atoms with Crippen LogP contribution in [0.2, 0.25) is 5.02 Å². The highest BCUT2D eigenvalue weighted by atomic mass is 35.5. The summed E-state index contributed by atoms with van der Waals surface area (Å²) in [6.45, 7) is 3.47. The predicted octanol–water partition coefficient (Wildman–Crippen LogP) is 5.00. The Labute approximate surface area is 191 Å². The van der Waals surface area contributed by atoms with Crippen molar-refractivity contribution < 1.29 is 9.47 Å². The summed E-state index contributed by atoms with van der Waals surface area (Å²) in [6, 6.07) is 19.9. The zero-order valence-electron chi connectivity index (χ0n) is 17.8. The fourth-order valence-corrected chi connectivity index (χ4v) is 4.01. The lowest BCUT2D eigenvalue weighted by Crippen LogP contribution is -2.37. The molecule has 0 amide bonds. The Bertz CT molecular complexity index is 1240. The molecule has 7 heteroatoms. The van der Waals surface area contributed by atoms with Crippen LogP contribution in [0.5, 0.6) is 0 Å². The topological polar surface area (TPSA) is 60.4 Å². The molecule has 0 N–H and O–H groups in total. The minimum absolute atomic E-state index is 0.538. The molecule has 0 saturated carbocycles. The van der Waals surface area contributed by atoms with E-state index in [0.717, 1.165) is 46.7 Å². The van der Waals surface area contributed by atoms with Crippen molar-refractivity contribution in [3.05, 3.63) is 71.2 Å². The van der Waals surface area contributed by atoms with E-state index in [-0.39, 0.29) is 0 Å². The molecule has 1 aliphatic rings. The number of fused-ring (bicyclic) bond motifs is 1. The lowest BCUT2D eigenvalue weighted by molar-refractivity contribution is 0.122. The third-order valence-electron chi connectivity index (χ3n) is 5.49. The maximum Gasteiger partial charge on any atom is 0.165 e. The van der Waals surface area contributed by atoms with E-state index in [1.165, 1.54) is 0 Å². The second kappa shape index (κ2) is 9.20. The number of morpholine rings is 1. The predicted molar refractivity (Wildman–Crippen MR) is 127 cm³/mol. The van der Waals surface area contributed by atoms with Gasteiger partial charge in [-0.1, -0.05) is 41.9 Å². The van der Waals surface area contributed by atoms with Crippen molar-refractivity contribution in [3.63, 3.8) is 0 Å². The zero-order valence-corrected chi connectivity index (χ0v) is 18.5. The van der Waals surface area contributed by atoms with E-state index in [2.05, 4.69) is 17.0 Å². The van der Waals surface area contributed by atoms with Crippen molar-refractivity contribution in [2.24, 2.45) is 0 Å². The lowest BCUT2D eigenvalue weighted by atomic mass is 10.1. The molecule has 6 nitrogen and oxygen atoms in total. The largest absolute Gasteiger partial charge is 0.380 e. The van der Waals surface area contributed by atoms with Crippen LogP contribution in [0, 0.1) is 0 Å². The molecule has 1 fully saturated rings. The molecule has 1 aliphatic heterocycles. The van der Waals surface area contributed by atoms with Crippen LogP contribution in [0.3, 0.4) is 0 Å². The van der Waals surface area contributed by atoms with Gasteiger partial charge in [0, 0.05) is 36.3 Å². The number of hydrogen-bond acceptors (Lipinski definition) is 6. The summed E-state index contributed by atoms with van der Waals surface area (Å²) < 4.78 is 10.8. The van der Waals surface area contributed by atoms with Crippen molar-refractivity contribution in [2.75, 3.05) is 38.3 Å². The third-order valence-corrected chi connectivity index (χ3v) is 5.74. The van der Waals surface area contributed by atoms with Crippen LogP contribution in [0.15, 0.2) is 60.7 Å². The monoisotopic (exact) mass is 446 g/mol. The number of methoxy groups -OCH3 is 1. The van der Waals surface area contributed by atoms with Crippen molar-refractivity contribution in [1.82, 2.24) is 15.0 Å². The number of benzene rings is 2. The maximum atomic E-state index is 6.06. The number of rotatable bonds is 5. The highest BCUT2D eigenvalue weighted by Crippen LogP contribution is 2.30. The number of aromatic nitrogens is 3. The van der Waals surface area contributed by atoms with Crippen molar-refractivity contribution in [2.45, 2.75) is 6.61 Å². The number of ether oxygens (including phenoxy) is 2. The van der Waals surface area contributed by atoms with Crippen molar-refractivity contribution >= 4 is 28.5 Å². The molecule has 0 radical (unpaired) electrons. The van der Waals surface area contributed by atoms with Crippen LogP contribution in [0.1, 0.15) is 5.56 Å². The van der Waals surface area contributed by atoms with E-state index < -0.39 is 0 Å². The van der Waals surface area contributed by atoms with Crippen LogP contribution >= 0.6 is 11.6 Å². The summed E-state index contributed by atoms with van der Waals surface area (Å²) in [4.78, 5) is 17.0. The van der Waals surface area contributed by atoms with Gasteiger partial charge in [0.2, 0.25) is 0 Å². The van der Waals surface area contributed by atoms with Gasteiger partial charge < -0.3 is 14.4 Å². The van der Waals surface area contributed by atoms with Gasteiger partial charge in [-0.15, -0.1) is 0 Å². The molecule has 3 heterocycles. The zero-order chi connectivity index (χ0) is 21.9. The number of halogens is 1. The van der Waals surface area contributed by atoms with Gasteiger partial charge in [0.25, 0.3) is 0 Å². The smallest absolute Gasteiger partial charge is 0.165 e. The minimum Gasteiger partial charge on any atom is -0.380 e. The second-order valence-electron chi connectivity index (χ2n) is 7.68. The van der Waals surface area contributed by atoms with E-state index in [9.17, 15) is 0 Å². The van der Waals surface area contributed by atoms with Crippen LogP contribution in [0.4, 0.5) is 5.82 Å². The van der Waals surface area contributed by atoms with Gasteiger partial charge in [-0.3, -0.25) is 0 Å². The highest BCUT2D eigenvalue weighted by molar-refractivity contribution is 6.30. The first-order chi connectivity index (χ1) is 15.7. The number of hydrogen-bond donors (Lipinski definition) is 0. The molecule has 0 bridgehead atoms. The first-order valence-electron chi connectivity index (χ1n) is 10.6. The molecule has 0 spiro atoms. The van der Waals surface area contributed by atoms with E-state index in [4.69, 9.17) is 36.0 Å². The lowest BCUT2D eigenvalue weighted by Gasteiger charge is -2.29. The highest BCUT2D eigenvalue weighted by Gasteiger charge is 2.19. The fraction of sp³-hybridized carbons (Fsp3) is 0.240. The SMILES string of the molecule is COCc1cccc(-c2nc(N3CCOCC3)c3ccc(-c4ccc(Cl)cc4)nc3n2)c1. The molecular formula is C25H23ClN4O2. The first kappa shape index (κ1) is 20.8. The summed E-state index contributed by atoms with van der Waals surface area (Å²) in [5.74, 6) is 1.54. The Morgan fingerprint density at radius 2 is 1.75 bits per heavy atom. The van der Waals surface area contributed by atoms with Crippen LogP contribution in [0.25, 0.3) is 33.7 Å². The molecule has 0 atom stereocenters.